The lowest BCUT2D eigenvalue weighted by Gasteiger charge is -2.13. The summed E-state index contributed by atoms with van der Waals surface area (Å²) in [5.41, 5.74) is 6.87. The second-order valence-electron chi connectivity index (χ2n) is 5.35. The summed E-state index contributed by atoms with van der Waals surface area (Å²) in [4.78, 5) is 18.7. The number of aliphatic hydroxyl groups is 1. The molecule has 6 nitrogen and oxygen atoms in total. The summed E-state index contributed by atoms with van der Waals surface area (Å²) >= 11 is 0. The van der Waals surface area contributed by atoms with Crippen LogP contribution in [0.4, 0.5) is 11.5 Å². The molecule has 0 bridgehead atoms. The summed E-state index contributed by atoms with van der Waals surface area (Å²) < 4.78 is 0. The van der Waals surface area contributed by atoms with Gasteiger partial charge in [0.25, 0.3) is 5.56 Å². The molecule has 0 aliphatic heterocycles. The highest BCUT2D eigenvalue weighted by Gasteiger charge is 2.26. The second-order valence-corrected chi connectivity index (χ2v) is 5.35. The molecule has 1 heterocycles. The zero-order valence-electron chi connectivity index (χ0n) is 11.5. The average Bonchev–Trinajstić information content (AvgIpc) is 3.29. The van der Waals surface area contributed by atoms with Crippen molar-refractivity contribution in [3.05, 3.63) is 52.1 Å². The van der Waals surface area contributed by atoms with E-state index >= 15 is 0 Å². The standard InChI is InChI=1S/C15H18N4O2/c16-11-5-3-9(4-6-11)12(20)8-17-13-7-14(21)19-15(18-13)10-1-2-10/h3-7,10,12,20H,1-2,8,16H2,(H2,17,18,19,21). The lowest BCUT2D eigenvalue weighted by molar-refractivity contribution is 0.191. The number of nitrogen functional groups attached to an aromatic ring is 1. The maximum absolute atomic E-state index is 11.6. The molecule has 1 aliphatic carbocycles. The molecular weight excluding hydrogens is 268 g/mol. The van der Waals surface area contributed by atoms with Gasteiger partial charge < -0.3 is 21.1 Å². The van der Waals surface area contributed by atoms with Gasteiger partial charge in [-0.2, -0.15) is 0 Å². The minimum atomic E-state index is -0.684. The number of aromatic amines is 1. The molecule has 21 heavy (non-hydrogen) atoms. The van der Waals surface area contributed by atoms with Crippen molar-refractivity contribution in [2.45, 2.75) is 24.9 Å². The quantitative estimate of drug-likeness (QED) is 0.622. The molecule has 0 saturated heterocycles. The van der Waals surface area contributed by atoms with Crippen LogP contribution in [0.1, 0.15) is 36.3 Å². The summed E-state index contributed by atoms with van der Waals surface area (Å²) in [6.45, 7) is 0.282. The normalized spacial score (nSPS) is 15.7. The first-order valence-electron chi connectivity index (χ1n) is 7.00. The van der Waals surface area contributed by atoms with Gasteiger partial charge in [-0.05, 0) is 30.5 Å². The van der Waals surface area contributed by atoms with Gasteiger partial charge in [0.2, 0.25) is 0 Å². The van der Waals surface area contributed by atoms with E-state index in [2.05, 4.69) is 15.3 Å². The van der Waals surface area contributed by atoms with Crippen molar-refractivity contribution in [1.29, 1.82) is 0 Å². The predicted octanol–water partition coefficient (Wildman–Crippen LogP) is 1.38. The van der Waals surface area contributed by atoms with E-state index in [1.54, 1.807) is 24.3 Å². The first-order valence-corrected chi connectivity index (χ1v) is 7.00. The summed E-state index contributed by atoms with van der Waals surface area (Å²) in [6, 6.07) is 8.46. The number of anilines is 2. The minimum absolute atomic E-state index is 0.170. The molecule has 2 aromatic rings. The van der Waals surface area contributed by atoms with Gasteiger partial charge >= 0.3 is 0 Å². The zero-order chi connectivity index (χ0) is 14.8. The summed E-state index contributed by atoms with van der Waals surface area (Å²) in [6.07, 6.45) is 1.46. The smallest absolute Gasteiger partial charge is 0.252 e. The van der Waals surface area contributed by atoms with Gasteiger partial charge in [0, 0.05) is 24.2 Å². The van der Waals surface area contributed by atoms with Crippen molar-refractivity contribution >= 4 is 11.5 Å². The number of aliphatic hydroxyl groups excluding tert-OH is 1. The molecule has 1 aromatic heterocycles. The van der Waals surface area contributed by atoms with Crippen LogP contribution >= 0.6 is 0 Å². The third-order valence-corrected chi connectivity index (χ3v) is 3.52. The number of hydrogen-bond donors (Lipinski definition) is 4. The average molecular weight is 286 g/mol. The number of benzene rings is 1. The zero-order valence-corrected chi connectivity index (χ0v) is 11.5. The second kappa shape index (κ2) is 5.57. The van der Waals surface area contributed by atoms with E-state index in [1.165, 1.54) is 6.07 Å². The van der Waals surface area contributed by atoms with Crippen LogP contribution in [0, 0.1) is 0 Å². The van der Waals surface area contributed by atoms with E-state index in [4.69, 9.17) is 5.73 Å². The van der Waals surface area contributed by atoms with Crippen LogP contribution in [0.15, 0.2) is 35.1 Å². The topological polar surface area (TPSA) is 104 Å². The first kappa shape index (κ1) is 13.6. The van der Waals surface area contributed by atoms with Crippen LogP contribution in [0.3, 0.4) is 0 Å². The Kier molecular flexibility index (Phi) is 3.62. The van der Waals surface area contributed by atoms with Crippen molar-refractivity contribution in [2.24, 2.45) is 0 Å². The first-order chi connectivity index (χ1) is 10.1. The van der Waals surface area contributed by atoms with E-state index in [0.717, 1.165) is 24.2 Å². The molecule has 6 heteroatoms. The number of H-pyrrole nitrogens is 1. The van der Waals surface area contributed by atoms with Gasteiger partial charge in [-0.3, -0.25) is 4.79 Å². The van der Waals surface area contributed by atoms with Gasteiger partial charge in [0.15, 0.2) is 0 Å². The van der Waals surface area contributed by atoms with Crippen molar-refractivity contribution in [3.63, 3.8) is 0 Å². The highest BCUT2D eigenvalue weighted by molar-refractivity contribution is 5.40. The van der Waals surface area contributed by atoms with Crippen LogP contribution < -0.4 is 16.6 Å². The highest BCUT2D eigenvalue weighted by Crippen LogP contribution is 2.37. The molecule has 0 radical (unpaired) electrons. The Morgan fingerprint density at radius 2 is 2.10 bits per heavy atom. The molecule has 3 rings (SSSR count). The molecular formula is C15H18N4O2. The van der Waals surface area contributed by atoms with Crippen LogP contribution in [0.5, 0.6) is 0 Å². The van der Waals surface area contributed by atoms with E-state index in [-0.39, 0.29) is 12.1 Å². The van der Waals surface area contributed by atoms with Crippen LogP contribution in [-0.2, 0) is 0 Å². The number of aromatic nitrogens is 2. The Bertz CT molecular complexity index is 677. The maximum atomic E-state index is 11.6. The summed E-state index contributed by atoms with van der Waals surface area (Å²) in [5.74, 6) is 1.60. The van der Waals surface area contributed by atoms with Gasteiger partial charge in [0.05, 0.1) is 6.10 Å². The van der Waals surface area contributed by atoms with E-state index in [9.17, 15) is 9.90 Å². The Morgan fingerprint density at radius 3 is 2.76 bits per heavy atom. The van der Waals surface area contributed by atoms with Crippen molar-refractivity contribution < 1.29 is 5.11 Å². The van der Waals surface area contributed by atoms with Crippen LogP contribution in [-0.4, -0.2) is 21.6 Å². The SMILES string of the molecule is Nc1ccc(C(O)CNc2cc(=O)[nH]c(C3CC3)n2)cc1. The summed E-state index contributed by atoms with van der Waals surface area (Å²) in [5, 5.41) is 13.1. The Balaban J connectivity index is 1.66. The van der Waals surface area contributed by atoms with Gasteiger partial charge in [-0.1, -0.05) is 12.1 Å². The predicted molar refractivity (Wildman–Crippen MR) is 81.1 cm³/mol. The van der Waals surface area contributed by atoms with Gasteiger partial charge in [-0.25, -0.2) is 4.98 Å². The van der Waals surface area contributed by atoms with E-state index in [0.29, 0.717) is 17.4 Å². The fourth-order valence-electron chi connectivity index (χ4n) is 2.15. The molecule has 1 atom stereocenters. The van der Waals surface area contributed by atoms with Crippen LogP contribution in [0.2, 0.25) is 0 Å². The van der Waals surface area contributed by atoms with E-state index in [1.807, 2.05) is 0 Å². The Morgan fingerprint density at radius 1 is 1.38 bits per heavy atom. The lowest BCUT2D eigenvalue weighted by atomic mass is 10.1. The highest BCUT2D eigenvalue weighted by atomic mass is 16.3. The fourth-order valence-corrected chi connectivity index (χ4v) is 2.15. The molecule has 1 saturated carbocycles. The maximum Gasteiger partial charge on any atom is 0.252 e. The van der Waals surface area contributed by atoms with Crippen molar-refractivity contribution in [3.8, 4) is 0 Å². The number of hydrogen-bond acceptors (Lipinski definition) is 5. The number of nitrogens with two attached hydrogens (primary N) is 1. The molecule has 1 unspecified atom stereocenters. The number of rotatable bonds is 5. The Labute approximate surface area is 122 Å². The monoisotopic (exact) mass is 286 g/mol. The van der Waals surface area contributed by atoms with Crippen LogP contribution in [0.25, 0.3) is 0 Å². The minimum Gasteiger partial charge on any atom is -0.399 e. The third-order valence-electron chi connectivity index (χ3n) is 3.52. The number of nitrogens with one attached hydrogen (secondary N) is 2. The molecule has 1 aliphatic rings. The molecule has 1 aromatic carbocycles. The molecule has 110 valence electrons. The molecule has 5 N–H and O–H groups in total. The Hall–Kier alpha value is -2.34. The fraction of sp³-hybridized carbons (Fsp3) is 0.333. The van der Waals surface area contributed by atoms with Crippen molar-refractivity contribution in [1.82, 2.24) is 9.97 Å². The van der Waals surface area contributed by atoms with Gasteiger partial charge in [0.1, 0.15) is 11.6 Å². The lowest BCUT2D eigenvalue weighted by Crippen LogP contribution is -2.17. The number of nitrogens with zero attached hydrogens (tertiary/aromatic N) is 1. The molecule has 1 fully saturated rings. The third kappa shape index (κ3) is 3.41. The van der Waals surface area contributed by atoms with Crippen molar-refractivity contribution in [2.75, 3.05) is 17.6 Å². The van der Waals surface area contributed by atoms with E-state index < -0.39 is 6.10 Å². The molecule has 0 spiro atoms. The van der Waals surface area contributed by atoms with Gasteiger partial charge in [-0.15, -0.1) is 0 Å². The summed E-state index contributed by atoms with van der Waals surface area (Å²) in [7, 11) is 0. The largest absolute Gasteiger partial charge is 0.399 e. The molecule has 0 amide bonds.